The quantitative estimate of drug-likeness (QED) is 0.528. The first-order valence-electron chi connectivity index (χ1n) is 6.78. The van der Waals surface area contributed by atoms with E-state index >= 15 is 0 Å². The molecular weight excluding hydrogens is 407 g/mol. The van der Waals surface area contributed by atoms with Crippen molar-refractivity contribution < 1.29 is 0 Å². The van der Waals surface area contributed by atoms with Gasteiger partial charge < -0.3 is 0 Å². The topological polar surface area (TPSA) is 13.0 Å². The summed E-state index contributed by atoms with van der Waals surface area (Å²) in [6.07, 6.45) is 0. The van der Waals surface area contributed by atoms with E-state index in [2.05, 4.69) is 66.7 Å². The van der Waals surface area contributed by atoms with Gasteiger partial charge in [-0.25, -0.2) is 0 Å². The van der Waals surface area contributed by atoms with Crippen molar-refractivity contribution in [1.29, 1.82) is 0 Å². The van der Waals surface area contributed by atoms with Crippen molar-refractivity contribution in [2.45, 2.75) is 27.7 Å². The van der Waals surface area contributed by atoms with Crippen molar-refractivity contribution in [2.75, 3.05) is 54.4 Å². The second-order valence-corrected chi connectivity index (χ2v) is 21.2. The number of rotatable bonds is 8. The predicted octanol–water partition coefficient (Wildman–Crippen LogP) is 1.23. The van der Waals surface area contributed by atoms with Crippen molar-refractivity contribution in [1.82, 2.24) is 10.8 Å². The molecule has 0 rings (SSSR count). The normalized spacial score (nSPS) is 13.4. The Bertz CT molecular complexity index is 167. The summed E-state index contributed by atoms with van der Waals surface area (Å²) >= 11 is -2.92. The summed E-state index contributed by atoms with van der Waals surface area (Å²) < 4.78 is 10.5. The van der Waals surface area contributed by atoms with Gasteiger partial charge in [-0.3, -0.25) is 0 Å². The molecule has 17 heavy (non-hydrogen) atoms. The van der Waals surface area contributed by atoms with E-state index < -0.39 is 22.4 Å². The zero-order valence-corrected chi connectivity index (χ0v) is 17.0. The van der Waals surface area contributed by atoms with Crippen LogP contribution < -0.4 is 0 Å². The Kier molecular flexibility index (Phi) is 8.40. The molecule has 0 fully saturated rings. The Balaban J connectivity index is 5.51. The fraction of sp³-hybridized carbons (Fsp3) is 1.00. The Morgan fingerprint density at radius 2 is 0.706 bits per heavy atom. The molecule has 0 saturated carbocycles. The van der Waals surface area contributed by atoms with Gasteiger partial charge in [0.05, 0.1) is 0 Å². The molecule has 5 heteroatoms. The maximum atomic E-state index is 2.63. The van der Waals surface area contributed by atoms with Crippen LogP contribution in [0.15, 0.2) is 0 Å². The minimum absolute atomic E-state index is 1.13. The van der Waals surface area contributed by atoms with Gasteiger partial charge in [0, 0.05) is 0 Å². The summed E-state index contributed by atoms with van der Waals surface area (Å²) in [5, 5.41) is 0. The Labute approximate surface area is 115 Å². The van der Waals surface area contributed by atoms with E-state index in [9.17, 15) is 0 Å². The molecule has 4 nitrogen and oxygen atoms in total. The fourth-order valence-electron chi connectivity index (χ4n) is 2.60. The van der Waals surface area contributed by atoms with Gasteiger partial charge in [0.2, 0.25) is 0 Å². The van der Waals surface area contributed by atoms with Gasteiger partial charge in [0.1, 0.15) is 0 Å². The maximum absolute atomic E-state index is 2.92. The van der Waals surface area contributed by atoms with Crippen LogP contribution in [0.5, 0.6) is 0 Å². The summed E-state index contributed by atoms with van der Waals surface area (Å²) in [5.41, 5.74) is 0. The second kappa shape index (κ2) is 8.04. The van der Waals surface area contributed by atoms with Crippen molar-refractivity contribution in [3.8, 4) is 0 Å². The molecule has 104 valence electrons. The summed E-state index contributed by atoms with van der Waals surface area (Å²) in [5.74, 6) is 0. The number of nitrogens with zero attached hydrogens (tertiary/aromatic N) is 4. The van der Waals surface area contributed by atoms with E-state index in [0.29, 0.717) is 0 Å². The first-order valence-corrected chi connectivity index (χ1v) is 13.7. The van der Waals surface area contributed by atoms with Crippen molar-refractivity contribution >= 4 is 22.4 Å². The van der Waals surface area contributed by atoms with Crippen LogP contribution in [0.2, 0.25) is 0 Å². The van der Waals surface area contributed by atoms with Gasteiger partial charge in [-0.1, -0.05) is 0 Å². The monoisotopic (exact) mass is 440 g/mol. The second-order valence-electron chi connectivity index (χ2n) is 4.66. The van der Waals surface area contributed by atoms with Crippen molar-refractivity contribution in [3.05, 3.63) is 0 Å². The molecule has 0 aromatic rings. The average molecular weight is 440 g/mol. The standard InChI is InChI=1S/4C3H8N.Pb/c4*1-3-4-2;/h4*3H2,1-2H3;/q4*-1;+4. The van der Waals surface area contributed by atoms with E-state index in [1.54, 1.807) is 0 Å². The zero-order chi connectivity index (χ0) is 13.6. The van der Waals surface area contributed by atoms with Crippen molar-refractivity contribution in [3.63, 3.8) is 0 Å². The first kappa shape index (κ1) is 17.8. The van der Waals surface area contributed by atoms with Gasteiger partial charge in [-0.2, -0.15) is 0 Å². The Morgan fingerprint density at radius 1 is 0.529 bits per heavy atom. The molecule has 0 aliphatic heterocycles. The Morgan fingerprint density at radius 3 is 0.824 bits per heavy atom. The van der Waals surface area contributed by atoms with Crippen LogP contribution in [0.25, 0.3) is 0 Å². The molecule has 0 aromatic carbocycles. The van der Waals surface area contributed by atoms with Crippen LogP contribution in [0.4, 0.5) is 0 Å². The third kappa shape index (κ3) is 3.40. The van der Waals surface area contributed by atoms with Crippen LogP contribution in [0, 0.1) is 0 Å². The molecule has 0 saturated heterocycles. The predicted molar refractivity (Wildman–Crippen MR) is 79.0 cm³/mol. The summed E-state index contributed by atoms with van der Waals surface area (Å²) in [7, 11) is 9.19. The first-order chi connectivity index (χ1) is 7.93. The van der Waals surface area contributed by atoms with Crippen LogP contribution in [-0.2, 0) is 0 Å². The SMILES string of the molecule is CC[N](C)[Pb]([N](C)CC)([N](C)CC)[N](C)CC. The molecule has 0 unspecified atom stereocenters. The molecule has 0 radical (unpaired) electrons. The molecular formula is C12H32N4Pb. The minimum atomic E-state index is -2.92. The van der Waals surface area contributed by atoms with Gasteiger partial charge in [-0.05, 0) is 0 Å². The van der Waals surface area contributed by atoms with Gasteiger partial charge in [0.15, 0.2) is 0 Å². The zero-order valence-electron chi connectivity index (χ0n) is 13.1. The van der Waals surface area contributed by atoms with E-state index in [1.807, 2.05) is 0 Å². The van der Waals surface area contributed by atoms with Gasteiger partial charge >= 0.3 is 115 Å². The molecule has 0 atom stereocenters. The molecule has 0 aliphatic rings. The molecule has 0 spiro atoms. The summed E-state index contributed by atoms with van der Waals surface area (Å²) in [6.45, 7) is 13.6. The molecule has 0 aliphatic carbocycles. The molecule has 0 N–H and O–H groups in total. The van der Waals surface area contributed by atoms with Gasteiger partial charge in [0.25, 0.3) is 0 Å². The molecule has 0 bridgehead atoms. The fourth-order valence-corrected chi connectivity index (χ4v) is 22.8. The molecule has 0 amide bonds. The number of hydrogen-bond donors (Lipinski definition) is 0. The Hall–Kier alpha value is 0.762. The van der Waals surface area contributed by atoms with E-state index in [-0.39, 0.29) is 0 Å². The van der Waals surface area contributed by atoms with E-state index in [0.717, 1.165) is 26.2 Å². The molecule has 0 heterocycles. The van der Waals surface area contributed by atoms with E-state index in [1.165, 1.54) is 0 Å². The van der Waals surface area contributed by atoms with Crippen LogP contribution >= 0.6 is 0 Å². The summed E-state index contributed by atoms with van der Waals surface area (Å²) in [6, 6.07) is 0. The third-order valence-electron chi connectivity index (χ3n) is 3.95. The van der Waals surface area contributed by atoms with Gasteiger partial charge in [-0.15, -0.1) is 0 Å². The van der Waals surface area contributed by atoms with Crippen LogP contribution in [-0.4, -0.2) is 87.6 Å². The van der Waals surface area contributed by atoms with Crippen LogP contribution in [0.1, 0.15) is 27.7 Å². The molecule has 0 aromatic heterocycles. The number of hydrogen-bond acceptors (Lipinski definition) is 4. The van der Waals surface area contributed by atoms with Crippen LogP contribution in [0.3, 0.4) is 0 Å². The van der Waals surface area contributed by atoms with Crippen molar-refractivity contribution in [2.24, 2.45) is 0 Å². The average Bonchev–Trinajstić information content (AvgIpc) is 2.37. The third-order valence-corrected chi connectivity index (χ3v) is 24.8. The van der Waals surface area contributed by atoms with E-state index in [4.69, 9.17) is 0 Å². The summed E-state index contributed by atoms with van der Waals surface area (Å²) in [4.78, 5) is 0.